The van der Waals surface area contributed by atoms with Gasteiger partial charge in [0.2, 0.25) is 5.13 Å². The lowest BCUT2D eigenvalue weighted by Crippen LogP contribution is -2.19. The highest BCUT2D eigenvalue weighted by molar-refractivity contribution is 8.18. The Bertz CT molecular complexity index is 972. The van der Waals surface area contributed by atoms with Gasteiger partial charge in [0.15, 0.2) is 5.17 Å². The molecule has 2 heterocycles. The number of carbonyl (C=O) groups excluding carboxylic acids is 1. The summed E-state index contributed by atoms with van der Waals surface area (Å²) < 4.78 is 0. The van der Waals surface area contributed by atoms with Gasteiger partial charge in [0.1, 0.15) is 11.4 Å². The van der Waals surface area contributed by atoms with E-state index in [4.69, 9.17) is 0 Å². The number of rotatable bonds is 3. The van der Waals surface area contributed by atoms with Gasteiger partial charge in [-0.25, -0.2) is 4.98 Å². The molecule has 8 nitrogen and oxygen atoms in total. The lowest BCUT2D eigenvalue weighted by Gasteiger charge is -2.13. The number of benzene rings is 1. The molecule has 2 aromatic rings. The molecule has 1 aliphatic rings. The standard InChI is InChI=1S/C17H16N4O4S2/c1-17(2,3)12-14(21(24)25)27-15(18-12)20-16-19-13(23)11(26-16)8-9-4-6-10(22)7-5-9/h4-8,22H,1-3H3,(H,18,19,20,23). The Labute approximate surface area is 163 Å². The van der Waals surface area contributed by atoms with E-state index in [1.165, 1.54) is 12.1 Å². The van der Waals surface area contributed by atoms with Crippen LogP contribution in [0.5, 0.6) is 5.75 Å². The van der Waals surface area contributed by atoms with Gasteiger partial charge < -0.3 is 10.4 Å². The molecule has 0 aliphatic carbocycles. The molecule has 0 spiro atoms. The van der Waals surface area contributed by atoms with Crippen LogP contribution in [-0.4, -0.2) is 26.1 Å². The summed E-state index contributed by atoms with van der Waals surface area (Å²) in [4.78, 5) is 31.9. The smallest absolute Gasteiger partial charge is 0.349 e. The van der Waals surface area contributed by atoms with Crippen molar-refractivity contribution in [2.75, 3.05) is 0 Å². The third-order valence-electron chi connectivity index (χ3n) is 3.51. The monoisotopic (exact) mass is 404 g/mol. The molecule has 0 saturated carbocycles. The molecule has 0 bridgehead atoms. The number of thiazole rings is 1. The molecule has 1 amide bonds. The van der Waals surface area contributed by atoms with Crippen molar-refractivity contribution < 1.29 is 14.8 Å². The third-order valence-corrected chi connectivity index (χ3v) is 5.32. The van der Waals surface area contributed by atoms with E-state index in [2.05, 4.69) is 15.3 Å². The predicted molar refractivity (Wildman–Crippen MR) is 106 cm³/mol. The number of nitrogens with zero attached hydrogens (tertiary/aromatic N) is 3. The van der Waals surface area contributed by atoms with E-state index in [0.29, 0.717) is 15.8 Å². The minimum atomic E-state index is -0.493. The molecule has 1 saturated heterocycles. The molecule has 1 aromatic heterocycles. The number of thioether (sulfide) groups is 1. The number of phenols is 1. The number of nitro groups is 1. The molecule has 1 aliphatic heterocycles. The lowest BCUT2D eigenvalue weighted by atomic mass is 9.93. The van der Waals surface area contributed by atoms with Crippen molar-refractivity contribution >= 4 is 50.4 Å². The molecule has 0 unspecified atom stereocenters. The Balaban J connectivity index is 1.88. The van der Waals surface area contributed by atoms with Gasteiger partial charge in [-0.1, -0.05) is 32.9 Å². The second-order valence-corrected chi connectivity index (χ2v) is 8.72. The second-order valence-electron chi connectivity index (χ2n) is 6.73. The fourth-order valence-electron chi connectivity index (χ4n) is 2.25. The van der Waals surface area contributed by atoms with Crippen molar-refractivity contribution in [2.24, 2.45) is 4.99 Å². The van der Waals surface area contributed by atoms with Gasteiger partial charge in [-0.15, -0.1) is 0 Å². The summed E-state index contributed by atoms with van der Waals surface area (Å²) in [6.45, 7) is 5.53. The summed E-state index contributed by atoms with van der Waals surface area (Å²) in [5.41, 5.74) is 0.630. The number of phenolic OH excluding ortho intramolecular Hbond substituents is 1. The number of hydrogen-bond acceptors (Lipinski definition) is 8. The molecule has 27 heavy (non-hydrogen) atoms. The van der Waals surface area contributed by atoms with Crippen LogP contribution in [0.15, 0.2) is 34.2 Å². The number of aromatic nitrogens is 1. The Kier molecular flexibility index (Phi) is 5.03. The quantitative estimate of drug-likeness (QED) is 0.454. The zero-order valence-corrected chi connectivity index (χ0v) is 16.3. The van der Waals surface area contributed by atoms with Crippen molar-refractivity contribution in [3.63, 3.8) is 0 Å². The Morgan fingerprint density at radius 3 is 2.52 bits per heavy atom. The number of nitrogens with one attached hydrogen (secondary N) is 1. The zero-order chi connectivity index (χ0) is 19.8. The average Bonchev–Trinajstić information content (AvgIpc) is 3.14. The normalized spacial score (nSPS) is 17.5. The van der Waals surface area contributed by atoms with Gasteiger partial charge in [0.05, 0.1) is 9.83 Å². The molecule has 140 valence electrons. The van der Waals surface area contributed by atoms with E-state index < -0.39 is 10.3 Å². The van der Waals surface area contributed by atoms with E-state index in [9.17, 15) is 20.0 Å². The molecule has 0 atom stereocenters. The Morgan fingerprint density at radius 1 is 1.30 bits per heavy atom. The van der Waals surface area contributed by atoms with Gasteiger partial charge >= 0.3 is 5.00 Å². The average molecular weight is 404 g/mol. The van der Waals surface area contributed by atoms with Gasteiger partial charge in [-0.3, -0.25) is 14.9 Å². The van der Waals surface area contributed by atoms with Crippen LogP contribution in [0.3, 0.4) is 0 Å². The molecular formula is C17H16N4O4S2. The molecule has 1 fully saturated rings. The van der Waals surface area contributed by atoms with Crippen LogP contribution in [-0.2, 0) is 10.2 Å². The summed E-state index contributed by atoms with van der Waals surface area (Å²) in [5.74, 6) is -0.170. The number of carbonyl (C=O) groups is 1. The van der Waals surface area contributed by atoms with E-state index in [-0.39, 0.29) is 21.8 Å². The first-order chi connectivity index (χ1) is 12.6. The van der Waals surface area contributed by atoms with Gasteiger partial charge in [-0.2, -0.15) is 4.99 Å². The minimum Gasteiger partial charge on any atom is -0.508 e. The minimum absolute atomic E-state index is 0.0453. The molecule has 3 rings (SSSR count). The maximum Gasteiger partial charge on any atom is 0.349 e. The first-order valence-electron chi connectivity index (χ1n) is 7.88. The molecule has 10 heteroatoms. The summed E-state index contributed by atoms with van der Waals surface area (Å²) in [5, 5.41) is 23.7. The fourth-order valence-corrected chi connectivity index (χ4v) is 4.10. The van der Waals surface area contributed by atoms with Crippen molar-refractivity contribution in [3.8, 4) is 5.75 Å². The van der Waals surface area contributed by atoms with E-state index in [1.54, 1.807) is 18.2 Å². The highest BCUT2D eigenvalue weighted by atomic mass is 32.2. The molecular weight excluding hydrogens is 388 g/mol. The first kappa shape index (κ1) is 19.1. The molecule has 0 radical (unpaired) electrons. The number of amidine groups is 1. The van der Waals surface area contributed by atoms with Gasteiger partial charge in [-0.05, 0) is 46.9 Å². The van der Waals surface area contributed by atoms with Crippen LogP contribution in [0.25, 0.3) is 6.08 Å². The van der Waals surface area contributed by atoms with E-state index >= 15 is 0 Å². The number of aromatic hydroxyl groups is 1. The Hall–Kier alpha value is -2.72. The van der Waals surface area contributed by atoms with Gasteiger partial charge in [0, 0.05) is 5.41 Å². The highest BCUT2D eigenvalue weighted by Gasteiger charge is 2.31. The van der Waals surface area contributed by atoms with Crippen molar-refractivity contribution in [2.45, 2.75) is 26.2 Å². The molecule has 2 N–H and O–H groups in total. The number of aliphatic imine (C=N–C) groups is 1. The Morgan fingerprint density at radius 2 is 1.96 bits per heavy atom. The summed E-state index contributed by atoms with van der Waals surface area (Å²) in [7, 11) is 0. The third kappa shape index (κ3) is 4.34. The fraction of sp³-hybridized carbons (Fsp3) is 0.235. The first-order valence-corrected chi connectivity index (χ1v) is 9.51. The van der Waals surface area contributed by atoms with Crippen molar-refractivity contribution in [3.05, 3.63) is 50.5 Å². The maximum absolute atomic E-state index is 12.1. The van der Waals surface area contributed by atoms with E-state index in [0.717, 1.165) is 28.7 Å². The van der Waals surface area contributed by atoms with Crippen molar-refractivity contribution in [1.29, 1.82) is 0 Å². The van der Waals surface area contributed by atoms with Crippen LogP contribution >= 0.6 is 23.1 Å². The van der Waals surface area contributed by atoms with Crippen LogP contribution < -0.4 is 5.32 Å². The number of hydrogen-bond donors (Lipinski definition) is 2. The SMILES string of the molecule is CC(C)(C)c1nc(N=C2NC(=O)C(=Cc3ccc(O)cc3)S2)sc1[N+](=O)[O-]. The van der Waals surface area contributed by atoms with Gasteiger partial charge in [0.25, 0.3) is 5.91 Å². The lowest BCUT2D eigenvalue weighted by molar-refractivity contribution is -0.381. The van der Waals surface area contributed by atoms with Crippen LogP contribution in [0, 0.1) is 10.1 Å². The van der Waals surface area contributed by atoms with Crippen LogP contribution in [0.2, 0.25) is 0 Å². The second kappa shape index (κ2) is 7.12. The van der Waals surface area contributed by atoms with Crippen LogP contribution in [0.1, 0.15) is 32.0 Å². The molecule has 1 aromatic carbocycles. The zero-order valence-electron chi connectivity index (χ0n) is 14.7. The predicted octanol–water partition coefficient (Wildman–Crippen LogP) is 3.95. The van der Waals surface area contributed by atoms with Crippen molar-refractivity contribution in [1.82, 2.24) is 10.3 Å². The summed E-state index contributed by atoms with van der Waals surface area (Å²) >= 11 is 2.01. The van der Waals surface area contributed by atoms with Crippen LogP contribution in [0.4, 0.5) is 10.1 Å². The summed E-state index contributed by atoms with van der Waals surface area (Å²) in [6.07, 6.45) is 1.67. The number of amides is 1. The highest BCUT2D eigenvalue weighted by Crippen LogP contribution is 2.39. The largest absolute Gasteiger partial charge is 0.508 e. The summed E-state index contributed by atoms with van der Waals surface area (Å²) in [6, 6.07) is 6.43. The van der Waals surface area contributed by atoms with E-state index in [1.807, 2.05) is 20.8 Å². The topological polar surface area (TPSA) is 118 Å². The maximum atomic E-state index is 12.1.